The summed E-state index contributed by atoms with van der Waals surface area (Å²) in [4.78, 5) is 9.23. The first-order valence-electron chi connectivity index (χ1n) is 10.6. The van der Waals surface area contributed by atoms with E-state index in [4.69, 9.17) is 4.74 Å². The summed E-state index contributed by atoms with van der Waals surface area (Å²) in [5.41, 5.74) is 1.27. The fraction of sp³-hybridized carbons (Fsp3) is 0.682. The van der Waals surface area contributed by atoms with E-state index in [9.17, 15) is 0 Å². The normalized spacial score (nSPS) is 16.2. The molecule has 1 fully saturated rings. The molecule has 0 saturated carbocycles. The minimum absolute atomic E-state index is 0. The van der Waals surface area contributed by atoms with Gasteiger partial charge in [0.25, 0.3) is 0 Å². The van der Waals surface area contributed by atoms with E-state index in [1.54, 1.807) is 0 Å². The van der Waals surface area contributed by atoms with Gasteiger partial charge in [0.05, 0.1) is 13.2 Å². The maximum atomic E-state index is 5.50. The summed E-state index contributed by atoms with van der Waals surface area (Å²) in [7, 11) is 4.00. The Hall–Kier alpha value is -1.06. The monoisotopic (exact) mass is 517 g/mol. The highest BCUT2D eigenvalue weighted by atomic mass is 127. The maximum Gasteiger partial charge on any atom is 0.191 e. The van der Waals surface area contributed by atoms with Crippen LogP contribution in [0.25, 0.3) is 0 Å². The van der Waals surface area contributed by atoms with Gasteiger partial charge in [0, 0.05) is 58.5 Å². The average Bonchev–Trinajstić information content (AvgIpc) is 2.73. The zero-order valence-electron chi connectivity index (χ0n) is 18.6. The van der Waals surface area contributed by atoms with E-state index in [-0.39, 0.29) is 24.0 Å². The molecule has 1 unspecified atom stereocenters. The van der Waals surface area contributed by atoms with Crippen LogP contribution in [0.4, 0.5) is 5.69 Å². The van der Waals surface area contributed by atoms with Crippen molar-refractivity contribution in [2.24, 2.45) is 10.9 Å². The Morgan fingerprint density at radius 2 is 1.83 bits per heavy atom. The minimum atomic E-state index is 0. The number of ether oxygens (including phenoxy) is 1. The number of benzene rings is 1. The van der Waals surface area contributed by atoms with Crippen LogP contribution >= 0.6 is 24.0 Å². The summed E-state index contributed by atoms with van der Waals surface area (Å²) >= 11 is 0. The Labute approximate surface area is 194 Å². The van der Waals surface area contributed by atoms with Gasteiger partial charge in [0.1, 0.15) is 0 Å². The Kier molecular flexibility index (Phi) is 13.3. The first-order valence-corrected chi connectivity index (χ1v) is 10.6. The molecule has 0 spiro atoms. The highest BCUT2D eigenvalue weighted by molar-refractivity contribution is 14.0. The number of hydrogen-bond donors (Lipinski definition) is 2. The SMILES string of the molecule is CN=C(NCCCCN(C)c1ccccc1)NCC(C(C)C)N1CCOCC1.I. The summed E-state index contributed by atoms with van der Waals surface area (Å²) in [5, 5.41) is 6.98. The number of rotatable bonds is 10. The van der Waals surface area contributed by atoms with Gasteiger partial charge in [-0.25, -0.2) is 0 Å². The number of anilines is 1. The topological polar surface area (TPSA) is 52.1 Å². The summed E-state index contributed by atoms with van der Waals surface area (Å²) in [6, 6.07) is 11.0. The smallest absolute Gasteiger partial charge is 0.191 e. The van der Waals surface area contributed by atoms with Gasteiger partial charge in [0.15, 0.2) is 5.96 Å². The van der Waals surface area contributed by atoms with Crippen LogP contribution in [0.5, 0.6) is 0 Å². The van der Waals surface area contributed by atoms with Gasteiger partial charge in [-0.3, -0.25) is 9.89 Å². The summed E-state index contributed by atoms with van der Waals surface area (Å²) in [6.45, 7) is 11.2. The quantitative estimate of drug-likeness (QED) is 0.216. The van der Waals surface area contributed by atoms with Crippen molar-refractivity contribution >= 4 is 35.6 Å². The van der Waals surface area contributed by atoms with Gasteiger partial charge in [-0.2, -0.15) is 0 Å². The lowest BCUT2D eigenvalue weighted by atomic mass is 10.0. The molecule has 7 heteroatoms. The number of hydrogen-bond acceptors (Lipinski definition) is 4. The molecule has 0 amide bonds. The van der Waals surface area contributed by atoms with Crippen LogP contribution < -0.4 is 15.5 Å². The van der Waals surface area contributed by atoms with Crippen molar-refractivity contribution in [2.75, 3.05) is 64.9 Å². The second-order valence-corrected chi connectivity index (χ2v) is 7.80. The average molecular weight is 518 g/mol. The Morgan fingerprint density at radius 1 is 1.14 bits per heavy atom. The number of nitrogens with zero attached hydrogens (tertiary/aromatic N) is 3. The number of guanidine groups is 1. The molecular weight excluding hydrogens is 477 g/mol. The van der Waals surface area contributed by atoms with Crippen LogP contribution in [0.15, 0.2) is 35.3 Å². The fourth-order valence-electron chi connectivity index (χ4n) is 3.61. The van der Waals surface area contributed by atoms with Gasteiger partial charge in [0.2, 0.25) is 0 Å². The lowest BCUT2D eigenvalue weighted by Crippen LogP contribution is -2.52. The van der Waals surface area contributed by atoms with Gasteiger partial charge in [-0.05, 0) is 30.9 Å². The molecule has 0 aliphatic carbocycles. The van der Waals surface area contributed by atoms with E-state index >= 15 is 0 Å². The molecule has 0 radical (unpaired) electrons. The van der Waals surface area contributed by atoms with E-state index in [0.717, 1.165) is 64.7 Å². The number of unbranched alkanes of at least 4 members (excludes halogenated alkanes) is 1. The highest BCUT2D eigenvalue weighted by Crippen LogP contribution is 2.12. The minimum Gasteiger partial charge on any atom is -0.379 e. The third-order valence-electron chi connectivity index (χ3n) is 5.40. The molecule has 2 rings (SSSR count). The van der Waals surface area contributed by atoms with Crippen molar-refractivity contribution in [3.63, 3.8) is 0 Å². The van der Waals surface area contributed by atoms with Crippen LogP contribution in [-0.4, -0.2) is 76.9 Å². The van der Waals surface area contributed by atoms with Crippen molar-refractivity contribution in [1.29, 1.82) is 0 Å². The molecule has 0 bridgehead atoms. The number of aliphatic imine (C=N–C) groups is 1. The fourth-order valence-corrected chi connectivity index (χ4v) is 3.61. The van der Waals surface area contributed by atoms with E-state index in [0.29, 0.717) is 12.0 Å². The molecule has 1 saturated heterocycles. The van der Waals surface area contributed by atoms with Crippen LogP contribution in [0.1, 0.15) is 26.7 Å². The predicted octanol–water partition coefficient (Wildman–Crippen LogP) is 3.04. The van der Waals surface area contributed by atoms with E-state index in [1.165, 1.54) is 5.69 Å². The second kappa shape index (κ2) is 14.8. The molecule has 1 heterocycles. The third-order valence-corrected chi connectivity index (χ3v) is 5.40. The molecule has 1 aliphatic heterocycles. The molecule has 29 heavy (non-hydrogen) atoms. The summed E-state index contributed by atoms with van der Waals surface area (Å²) < 4.78 is 5.50. The van der Waals surface area contributed by atoms with Gasteiger partial charge in [-0.15, -0.1) is 24.0 Å². The number of nitrogens with one attached hydrogen (secondary N) is 2. The maximum absolute atomic E-state index is 5.50. The Bertz CT molecular complexity index is 564. The van der Waals surface area contributed by atoms with Crippen LogP contribution in [0.3, 0.4) is 0 Å². The standard InChI is InChI=1S/C22H39N5O.HI/c1-19(2)21(27-14-16-28-17-15-27)18-25-22(23-3)24-12-8-9-13-26(4)20-10-6-5-7-11-20;/h5-7,10-11,19,21H,8-9,12-18H2,1-4H3,(H2,23,24,25);1H. The molecule has 1 atom stereocenters. The Balaban J connectivity index is 0.00000420. The predicted molar refractivity (Wildman–Crippen MR) is 135 cm³/mol. The molecule has 166 valence electrons. The van der Waals surface area contributed by atoms with Crippen molar-refractivity contribution < 1.29 is 4.74 Å². The van der Waals surface area contributed by atoms with Crippen LogP contribution in [0, 0.1) is 5.92 Å². The first kappa shape index (κ1) is 26.0. The van der Waals surface area contributed by atoms with Crippen molar-refractivity contribution in [2.45, 2.75) is 32.7 Å². The van der Waals surface area contributed by atoms with Crippen LogP contribution in [-0.2, 0) is 4.74 Å². The van der Waals surface area contributed by atoms with E-state index in [2.05, 4.69) is 76.7 Å². The lowest BCUT2D eigenvalue weighted by molar-refractivity contribution is 0.00752. The largest absolute Gasteiger partial charge is 0.379 e. The highest BCUT2D eigenvalue weighted by Gasteiger charge is 2.23. The van der Waals surface area contributed by atoms with Crippen molar-refractivity contribution in [1.82, 2.24) is 15.5 Å². The molecular formula is C22H40IN5O. The molecule has 1 aliphatic rings. The van der Waals surface area contributed by atoms with Gasteiger partial charge >= 0.3 is 0 Å². The van der Waals surface area contributed by atoms with E-state index in [1.807, 2.05) is 7.05 Å². The zero-order valence-corrected chi connectivity index (χ0v) is 20.9. The molecule has 0 aromatic heterocycles. The molecule has 2 N–H and O–H groups in total. The van der Waals surface area contributed by atoms with Gasteiger partial charge in [-0.1, -0.05) is 32.0 Å². The zero-order chi connectivity index (χ0) is 20.2. The number of para-hydroxylation sites is 1. The van der Waals surface area contributed by atoms with Crippen molar-refractivity contribution in [3.8, 4) is 0 Å². The summed E-state index contributed by atoms with van der Waals surface area (Å²) in [6.07, 6.45) is 2.27. The van der Waals surface area contributed by atoms with Gasteiger partial charge < -0.3 is 20.3 Å². The number of halogens is 1. The summed E-state index contributed by atoms with van der Waals surface area (Å²) in [5.74, 6) is 1.49. The molecule has 6 nitrogen and oxygen atoms in total. The van der Waals surface area contributed by atoms with E-state index < -0.39 is 0 Å². The first-order chi connectivity index (χ1) is 13.6. The second-order valence-electron chi connectivity index (χ2n) is 7.80. The van der Waals surface area contributed by atoms with Crippen LogP contribution in [0.2, 0.25) is 0 Å². The number of morpholine rings is 1. The van der Waals surface area contributed by atoms with Crippen molar-refractivity contribution in [3.05, 3.63) is 30.3 Å². The Morgan fingerprint density at radius 3 is 2.45 bits per heavy atom. The molecule has 1 aromatic rings. The third kappa shape index (κ3) is 9.53. The molecule has 1 aromatic carbocycles. The lowest BCUT2D eigenvalue weighted by Gasteiger charge is -2.37.